The molecule has 1 amide bonds. The standard InChI is InChI=1S/C35H43N7O4S/c1-7-33(43)37-27-17-28(31(46-6)18-30(27)41(5)20-24-11-10-16-40(24)4)38-35-36-19-32(47(44,45)22(2)3)34(39-35)26-21-42(23-14-15-23)29-13-9-8-12-25(26)29/h7-9,12-13,17-19,21-24H,1,10-11,14-16,20H2,2-6H3,(H,37,43)(H,36,38,39). The summed E-state index contributed by atoms with van der Waals surface area (Å²) in [6.45, 7) is 8.77. The topological polar surface area (TPSA) is 122 Å². The Hall–Kier alpha value is -4.42. The number of rotatable bonds is 12. The Kier molecular flexibility index (Phi) is 8.99. The van der Waals surface area contributed by atoms with Crippen molar-refractivity contribution in [2.75, 3.05) is 49.8 Å². The molecule has 1 aliphatic heterocycles. The molecule has 11 nitrogen and oxygen atoms in total. The van der Waals surface area contributed by atoms with E-state index in [1.54, 1.807) is 27.0 Å². The van der Waals surface area contributed by atoms with E-state index in [1.807, 2.05) is 37.5 Å². The molecule has 1 aliphatic carbocycles. The Morgan fingerprint density at radius 2 is 1.96 bits per heavy atom. The van der Waals surface area contributed by atoms with E-state index in [0.29, 0.717) is 34.9 Å². The molecule has 3 heterocycles. The molecule has 2 fully saturated rings. The van der Waals surface area contributed by atoms with Crippen molar-refractivity contribution >= 4 is 49.7 Å². The number of nitrogens with one attached hydrogen (secondary N) is 2. The monoisotopic (exact) mass is 657 g/mol. The fourth-order valence-corrected chi connectivity index (χ4v) is 7.45. The highest BCUT2D eigenvalue weighted by molar-refractivity contribution is 7.92. The average Bonchev–Trinajstić information content (AvgIpc) is 3.71. The number of fused-ring (bicyclic) bond motifs is 1. The molecule has 0 spiro atoms. The zero-order valence-electron chi connectivity index (χ0n) is 27.7. The fourth-order valence-electron chi connectivity index (χ4n) is 6.31. The van der Waals surface area contributed by atoms with Gasteiger partial charge in [0, 0.05) is 54.4 Å². The van der Waals surface area contributed by atoms with Gasteiger partial charge in [-0.05, 0) is 71.3 Å². The third-order valence-electron chi connectivity index (χ3n) is 9.19. The van der Waals surface area contributed by atoms with Crippen LogP contribution in [0.2, 0.25) is 0 Å². The highest BCUT2D eigenvalue weighted by Crippen LogP contribution is 2.43. The molecule has 12 heteroatoms. The number of carbonyl (C=O) groups is 1. The van der Waals surface area contributed by atoms with E-state index in [9.17, 15) is 13.2 Å². The Bertz CT molecular complexity index is 1930. The Balaban J connectivity index is 1.44. The molecule has 0 radical (unpaired) electrons. The van der Waals surface area contributed by atoms with Gasteiger partial charge < -0.3 is 29.7 Å². The number of aromatic nitrogens is 3. The van der Waals surface area contributed by atoms with Crippen LogP contribution >= 0.6 is 0 Å². The largest absolute Gasteiger partial charge is 0.494 e. The van der Waals surface area contributed by atoms with Gasteiger partial charge in [0.05, 0.1) is 41.3 Å². The fraction of sp³-hybridized carbons (Fsp3) is 0.400. The van der Waals surface area contributed by atoms with Crippen molar-refractivity contribution in [3.05, 3.63) is 61.4 Å². The van der Waals surface area contributed by atoms with Crippen LogP contribution in [-0.4, -0.2) is 79.3 Å². The molecule has 4 aromatic rings. The molecule has 248 valence electrons. The van der Waals surface area contributed by atoms with Crippen LogP contribution in [0.25, 0.3) is 22.2 Å². The summed E-state index contributed by atoms with van der Waals surface area (Å²) >= 11 is 0. The lowest BCUT2D eigenvalue weighted by Gasteiger charge is -2.29. The number of amides is 1. The van der Waals surface area contributed by atoms with Crippen LogP contribution < -0.4 is 20.3 Å². The second-order valence-corrected chi connectivity index (χ2v) is 15.2. The van der Waals surface area contributed by atoms with Crippen LogP contribution in [0.1, 0.15) is 45.6 Å². The van der Waals surface area contributed by atoms with Crippen LogP contribution in [0.3, 0.4) is 0 Å². The Morgan fingerprint density at radius 3 is 2.62 bits per heavy atom. The summed E-state index contributed by atoms with van der Waals surface area (Å²) in [6, 6.07) is 12.4. The number of para-hydroxylation sites is 1. The number of anilines is 4. The van der Waals surface area contributed by atoms with Crippen molar-refractivity contribution in [3.63, 3.8) is 0 Å². The van der Waals surface area contributed by atoms with Crippen molar-refractivity contribution < 1.29 is 17.9 Å². The molecule has 2 aromatic carbocycles. The summed E-state index contributed by atoms with van der Waals surface area (Å²) in [5.74, 6) is 0.360. The van der Waals surface area contributed by atoms with Crippen molar-refractivity contribution in [1.29, 1.82) is 0 Å². The summed E-state index contributed by atoms with van der Waals surface area (Å²) in [4.78, 5) is 26.4. The first-order valence-electron chi connectivity index (χ1n) is 16.1. The van der Waals surface area contributed by atoms with Gasteiger partial charge in [0.1, 0.15) is 10.6 Å². The molecular weight excluding hydrogens is 614 g/mol. The van der Waals surface area contributed by atoms with Gasteiger partial charge in [0.25, 0.3) is 0 Å². The summed E-state index contributed by atoms with van der Waals surface area (Å²) in [5.41, 5.74) is 3.97. The molecule has 0 bridgehead atoms. The molecule has 1 atom stereocenters. The van der Waals surface area contributed by atoms with E-state index in [2.05, 4.69) is 49.7 Å². The number of hydrogen-bond acceptors (Lipinski definition) is 9. The molecule has 47 heavy (non-hydrogen) atoms. The molecule has 2 aliphatic rings. The molecular formula is C35H43N7O4S. The average molecular weight is 658 g/mol. The molecule has 6 rings (SSSR count). The van der Waals surface area contributed by atoms with Crippen LogP contribution in [0.5, 0.6) is 5.75 Å². The normalized spacial score (nSPS) is 16.9. The number of sulfone groups is 1. The summed E-state index contributed by atoms with van der Waals surface area (Å²) in [6.07, 6.45) is 9.06. The smallest absolute Gasteiger partial charge is 0.247 e. The predicted molar refractivity (Wildman–Crippen MR) is 188 cm³/mol. The second-order valence-electron chi connectivity index (χ2n) is 12.7. The first kappa shape index (κ1) is 32.5. The van der Waals surface area contributed by atoms with Gasteiger partial charge >= 0.3 is 0 Å². The van der Waals surface area contributed by atoms with Gasteiger partial charge in [-0.25, -0.2) is 18.4 Å². The zero-order valence-corrected chi connectivity index (χ0v) is 28.5. The number of hydrogen-bond donors (Lipinski definition) is 2. The van der Waals surface area contributed by atoms with E-state index in [0.717, 1.165) is 60.9 Å². The third kappa shape index (κ3) is 6.44. The van der Waals surface area contributed by atoms with E-state index >= 15 is 0 Å². The van der Waals surface area contributed by atoms with Gasteiger partial charge in [-0.2, -0.15) is 0 Å². The highest BCUT2D eigenvalue weighted by Gasteiger charge is 2.31. The summed E-state index contributed by atoms with van der Waals surface area (Å²) in [5, 5.41) is 6.46. The van der Waals surface area contributed by atoms with E-state index in [-0.39, 0.29) is 16.8 Å². The maximum absolute atomic E-state index is 13.6. The number of carbonyl (C=O) groups excluding carboxylic acids is 1. The second kappa shape index (κ2) is 13.0. The molecule has 1 saturated carbocycles. The lowest BCUT2D eigenvalue weighted by Crippen LogP contribution is -2.37. The molecule has 1 unspecified atom stereocenters. The zero-order chi connectivity index (χ0) is 33.5. The summed E-state index contributed by atoms with van der Waals surface area (Å²) < 4.78 is 35.3. The molecule has 2 N–H and O–H groups in total. The minimum atomic E-state index is -3.73. The number of methoxy groups -OCH3 is 1. The van der Waals surface area contributed by atoms with Crippen molar-refractivity contribution in [2.45, 2.75) is 61.8 Å². The van der Waals surface area contributed by atoms with Crippen molar-refractivity contribution in [2.24, 2.45) is 0 Å². The SMILES string of the molecule is C=CC(=O)Nc1cc(Nc2ncc(S(=O)(=O)C(C)C)c(-c3cn(C4CC4)c4ccccc34)n2)c(OC)cc1N(C)CC1CCCN1C. The van der Waals surface area contributed by atoms with Crippen LogP contribution in [0.15, 0.2) is 66.3 Å². The number of nitrogens with zero attached hydrogens (tertiary/aromatic N) is 5. The van der Waals surface area contributed by atoms with E-state index < -0.39 is 15.1 Å². The number of benzene rings is 2. The lowest BCUT2D eigenvalue weighted by molar-refractivity contribution is -0.111. The van der Waals surface area contributed by atoms with Crippen molar-refractivity contribution in [1.82, 2.24) is 19.4 Å². The Morgan fingerprint density at radius 1 is 1.19 bits per heavy atom. The highest BCUT2D eigenvalue weighted by atomic mass is 32.2. The first-order valence-corrected chi connectivity index (χ1v) is 17.6. The van der Waals surface area contributed by atoms with Gasteiger partial charge in [0.15, 0.2) is 9.84 Å². The Labute approximate surface area is 276 Å². The van der Waals surface area contributed by atoms with Crippen LogP contribution in [0, 0.1) is 0 Å². The maximum atomic E-state index is 13.6. The quantitative estimate of drug-likeness (QED) is 0.176. The maximum Gasteiger partial charge on any atom is 0.247 e. The summed E-state index contributed by atoms with van der Waals surface area (Å²) in [7, 11) is 1.98. The molecule has 1 saturated heterocycles. The predicted octanol–water partition coefficient (Wildman–Crippen LogP) is 6.02. The number of likely N-dealkylation sites (N-methyl/N-ethyl adjacent to an activating group) is 2. The van der Waals surface area contributed by atoms with Gasteiger partial charge in [0.2, 0.25) is 11.9 Å². The molecule has 2 aromatic heterocycles. The van der Waals surface area contributed by atoms with Crippen LogP contribution in [-0.2, 0) is 14.6 Å². The minimum Gasteiger partial charge on any atom is -0.494 e. The van der Waals surface area contributed by atoms with E-state index in [4.69, 9.17) is 9.72 Å². The lowest BCUT2D eigenvalue weighted by atomic mass is 10.1. The minimum absolute atomic E-state index is 0.0801. The third-order valence-corrected chi connectivity index (χ3v) is 11.3. The van der Waals surface area contributed by atoms with Gasteiger partial charge in [-0.15, -0.1) is 0 Å². The van der Waals surface area contributed by atoms with E-state index in [1.165, 1.54) is 12.3 Å². The van der Waals surface area contributed by atoms with Crippen molar-refractivity contribution in [3.8, 4) is 17.0 Å². The van der Waals surface area contributed by atoms with Gasteiger partial charge in [-0.3, -0.25) is 4.79 Å². The van der Waals surface area contributed by atoms with Gasteiger partial charge in [-0.1, -0.05) is 24.8 Å². The number of ether oxygens (including phenoxy) is 1. The first-order chi connectivity index (χ1) is 22.5. The number of likely N-dealkylation sites (tertiary alicyclic amines) is 1. The van der Waals surface area contributed by atoms with Crippen LogP contribution in [0.4, 0.5) is 23.0 Å².